The molecule has 0 saturated heterocycles. The highest BCUT2D eigenvalue weighted by Gasteiger charge is 2.34. The minimum absolute atomic E-state index is 0.0159. The van der Waals surface area contributed by atoms with Crippen LogP contribution >= 0.6 is 22.7 Å². The lowest BCUT2D eigenvalue weighted by Crippen LogP contribution is -2.44. The first-order valence-corrected chi connectivity index (χ1v) is 11.7. The van der Waals surface area contributed by atoms with Crippen molar-refractivity contribution in [3.05, 3.63) is 53.8 Å². The van der Waals surface area contributed by atoms with E-state index in [1.165, 1.54) is 5.56 Å². The average molecular weight is 455 g/mol. The second-order valence-corrected chi connectivity index (χ2v) is 10.7. The zero-order valence-corrected chi connectivity index (χ0v) is 19.8. The van der Waals surface area contributed by atoms with E-state index in [0.717, 1.165) is 42.8 Å². The first-order valence-electron chi connectivity index (χ1n) is 10.1. The van der Waals surface area contributed by atoms with Crippen molar-refractivity contribution in [1.29, 1.82) is 0 Å². The molecule has 1 atom stereocenters. The molecule has 0 aromatic carbocycles. The SMILES string of the molecule is C=CC(=C)Nc1sc2c(c1-c1nc3cnccc3s1)C[C@@H](C)N(C(=O)OC(C)(C)C)C2. The van der Waals surface area contributed by atoms with Crippen molar-refractivity contribution in [3.8, 4) is 10.6 Å². The third kappa shape index (κ3) is 4.36. The molecule has 0 bridgehead atoms. The zero-order chi connectivity index (χ0) is 22.3. The lowest BCUT2D eigenvalue weighted by atomic mass is 9.97. The molecule has 0 aliphatic carbocycles. The van der Waals surface area contributed by atoms with Crippen molar-refractivity contribution in [1.82, 2.24) is 14.9 Å². The van der Waals surface area contributed by atoms with Gasteiger partial charge in [-0.2, -0.15) is 0 Å². The Kier molecular flexibility index (Phi) is 5.61. The molecular weight excluding hydrogens is 428 g/mol. The van der Waals surface area contributed by atoms with Gasteiger partial charge >= 0.3 is 6.09 Å². The quantitative estimate of drug-likeness (QED) is 0.475. The zero-order valence-electron chi connectivity index (χ0n) is 18.2. The first-order chi connectivity index (χ1) is 14.7. The Morgan fingerprint density at radius 3 is 2.84 bits per heavy atom. The number of thiazole rings is 1. The Morgan fingerprint density at radius 2 is 2.16 bits per heavy atom. The van der Waals surface area contributed by atoms with Crippen molar-refractivity contribution in [2.24, 2.45) is 0 Å². The number of carbonyl (C=O) groups excluding carboxylic acids is 1. The van der Waals surface area contributed by atoms with E-state index < -0.39 is 5.60 Å². The van der Waals surface area contributed by atoms with Crippen LogP contribution in [0.5, 0.6) is 0 Å². The fourth-order valence-electron chi connectivity index (χ4n) is 3.54. The molecule has 1 N–H and O–H groups in total. The molecule has 1 aliphatic heterocycles. The van der Waals surface area contributed by atoms with Crippen LogP contribution in [0.2, 0.25) is 0 Å². The molecule has 1 amide bonds. The smallest absolute Gasteiger partial charge is 0.410 e. The summed E-state index contributed by atoms with van der Waals surface area (Å²) in [6.07, 6.45) is 5.72. The topological polar surface area (TPSA) is 67.4 Å². The van der Waals surface area contributed by atoms with Crippen LogP contribution < -0.4 is 5.32 Å². The molecule has 3 aromatic heterocycles. The molecule has 0 fully saturated rings. The van der Waals surface area contributed by atoms with Crippen LogP contribution in [0, 0.1) is 0 Å². The third-order valence-electron chi connectivity index (χ3n) is 4.99. The molecule has 3 aromatic rings. The van der Waals surface area contributed by atoms with Gasteiger partial charge in [0.25, 0.3) is 0 Å². The predicted molar refractivity (Wildman–Crippen MR) is 129 cm³/mol. The van der Waals surface area contributed by atoms with E-state index in [1.54, 1.807) is 41.1 Å². The van der Waals surface area contributed by atoms with E-state index in [0.29, 0.717) is 6.54 Å². The van der Waals surface area contributed by atoms with E-state index in [-0.39, 0.29) is 12.1 Å². The van der Waals surface area contributed by atoms with Gasteiger partial charge in [0, 0.05) is 28.4 Å². The van der Waals surface area contributed by atoms with Crippen molar-refractivity contribution >= 4 is 44.0 Å². The van der Waals surface area contributed by atoms with Crippen molar-refractivity contribution in [2.45, 2.75) is 52.3 Å². The highest BCUT2D eigenvalue weighted by atomic mass is 32.1. The minimum Gasteiger partial charge on any atom is -0.444 e. The number of hydrogen-bond acceptors (Lipinski definition) is 7. The molecule has 0 unspecified atom stereocenters. The summed E-state index contributed by atoms with van der Waals surface area (Å²) < 4.78 is 6.73. The van der Waals surface area contributed by atoms with Gasteiger partial charge in [0.1, 0.15) is 21.1 Å². The molecular formula is C23H26N4O2S2. The molecule has 4 rings (SSSR count). The van der Waals surface area contributed by atoms with Crippen molar-refractivity contribution in [3.63, 3.8) is 0 Å². The number of amides is 1. The molecule has 0 spiro atoms. The second-order valence-electron chi connectivity index (χ2n) is 8.59. The fraction of sp³-hybridized carbons (Fsp3) is 0.348. The second kappa shape index (κ2) is 8.09. The van der Waals surface area contributed by atoms with Gasteiger partial charge in [0.15, 0.2) is 0 Å². The number of nitrogens with zero attached hydrogens (tertiary/aromatic N) is 3. The number of aromatic nitrogens is 2. The predicted octanol–water partition coefficient (Wildman–Crippen LogP) is 6.21. The van der Waals surface area contributed by atoms with Gasteiger partial charge in [-0.25, -0.2) is 9.78 Å². The van der Waals surface area contributed by atoms with E-state index in [2.05, 4.69) is 30.4 Å². The lowest BCUT2D eigenvalue weighted by molar-refractivity contribution is 0.0142. The van der Waals surface area contributed by atoms with Crippen molar-refractivity contribution in [2.75, 3.05) is 5.32 Å². The maximum Gasteiger partial charge on any atom is 0.410 e. The summed E-state index contributed by atoms with van der Waals surface area (Å²) >= 11 is 3.28. The van der Waals surface area contributed by atoms with Gasteiger partial charge in [0.2, 0.25) is 0 Å². The Hall–Kier alpha value is -2.71. The van der Waals surface area contributed by atoms with E-state index >= 15 is 0 Å². The van der Waals surface area contributed by atoms with Gasteiger partial charge in [-0.1, -0.05) is 13.2 Å². The highest BCUT2D eigenvalue weighted by Crippen LogP contribution is 2.47. The normalized spacial score (nSPS) is 16.1. The monoisotopic (exact) mass is 454 g/mol. The Labute approximate surface area is 190 Å². The molecule has 8 heteroatoms. The minimum atomic E-state index is -0.527. The van der Waals surface area contributed by atoms with E-state index in [4.69, 9.17) is 9.72 Å². The first kappa shape index (κ1) is 21.5. The lowest BCUT2D eigenvalue weighted by Gasteiger charge is -2.35. The number of anilines is 1. The summed E-state index contributed by atoms with van der Waals surface area (Å²) in [6.45, 7) is 16.1. The molecule has 0 radical (unpaired) electrons. The summed E-state index contributed by atoms with van der Waals surface area (Å²) in [6, 6.07) is 2.00. The Morgan fingerprint density at radius 1 is 1.39 bits per heavy atom. The van der Waals surface area contributed by atoms with Crippen LogP contribution in [-0.4, -0.2) is 32.6 Å². The number of fused-ring (bicyclic) bond motifs is 2. The number of hydrogen-bond donors (Lipinski definition) is 1. The highest BCUT2D eigenvalue weighted by molar-refractivity contribution is 7.22. The molecule has 162 valence electrons. The Balaban J connectivity index is 1.77. The largest absolute Gasteiger partial charge is 0.444 e. The number of pyridine rings is 1. The standard InChI is InChI=1S/C23H26N4O2S2/c1-7-13(2)25-20-19(21-26-16-11-24-9-8-17(16)30-21)15-10-14(3)27(12-18(15)31-20)22(28)29-23(4,5)6/h7-9,11,14,25H,1-2,10,12H2,3-6H3/t14-/m1/s1. The van der Waals surface area contributed by atoms with Crippen LogP contribution in [0.4, 0.5) is 9.80 Å². The molecule has 6 nitrogen and oxygen atoms in total. The van der Waals surface area contributed by atoms with Crippen molar-refractivity contribution < 1.29 is 9.53 Å². The molecule has 1 aliphatic rings. The number of thiophene rings is 1. The van der Waals surface area contributed by atoms with Gasteiger partial charge in [-0.3, -0.25) is 4.98 Å². The molecule has 31 heavy (non-hydrogen) atoms. The fourth-order valence-corrected chi connectivity index (χ4v) is 5.87. The van der Waals surface area contributed by atoms with E-state index in [9.17, 15) is 4.79 Å². The number of carbonyl (C=O) groups is 1. The van der Waals surface area contributed by atoms with Gasteiger partial charge < -0.3 is 15.0 Å². The molecule has 4 heterocycles. The van der Waals surface area contributed by atoms with Crippen LogP contribution in [-0.2, 0) is 17.7 Å². The summed E-state index contributed by atoms with van der Waals surface area (Å²) in [7, 11) is 0. The number of rotatable bonds is 4. The number of ether oxygens (including phenoxy) is 1. The molecule has 0 saturated carbocycles. The average Bonchev–Trinajstić information content (AvgIpc) is 3.25. The third-order valence-corrected chi connectivity index (χ3v) is 7.17. The summed E-state index contributed by atoms with van der Waals surface area (Å²) in [5.41, 5.74) is 3.39. The van der Waals surface area contributed by atoms with Crippen LogP contribution in [0.1, 0.15) is 38.1 Å². The summed E-state index contributed by atoms with van der Waals surface area (Å²) in [5.74, 6) is 0. The maximum atomic E-state index is 12.8. The van der Waals surface area contributed by atoms with Crippen LogP contribution in [0.15, 0.2) is 43.4 Å². The maximum absolute atomic E-state index is 12.8. The summed E-state index contributed by atoms with van der Waals surface area (Å²) in [5, 5.41) is 5.29. The van der Waals surface area contributed by atoms with Gasteiger partial charge in [-0.15, -0.1) is 22.7 Å². The summed E-state index contributed by atoms with van der Waals surface area (Å²) in [4.78, 5) is 24.8. The van der Waals surface area contributed by atoms with Crippen LogP contribution in [0.25, 0.3) is 20.8 Å². The Bertz CT molecular complexity index is 1140. The van der Waals surface area contributed by atoms with Gasteiger partial charge in [-0.05, 0) is 51.8 Å². The van der Waals surface area contributed by atoms with E-state index in [1.807, 2.05) is 31.7 Å². The van der Waals surface area contributed by atoms with Gasteiger partial charge in [0.05, 0.1) is 17.4 Å². The number of allylic oxidation sites excluding steroid dienone is 1. The van der Waals surface area contributed by atoms with Crippen LogP contribution in [0.3, 0.4) is 0 Å². The number of nitrogens with one attached hydrogen (secondary N) is 1.